The lowest BCUT2D eigenvalue weighted by molar-refractivity contribution is -0.136. The maximum Gasteiger partial charge on any atom is 0.185 e. The van der Waals surface area contributed by atoms with E-state index in [0.29, 0.717) is 12.8 Å². The minimum absolute atomic E-state index is 0. The summed E-state index contributed by atoms with van der Waals surface area (Å²) in [5.74, 6) is -0.256. The molecule has 4 heteroatoms. The molecule has 0 aliphatic heterocycles. The van der Waals surface area contributed by atoms with Gasteiger partial charge in [0.05, 0.1) is 0 Å². The summed E-state index contributed by atoms with van der Waals surface area (Å²) in [6.07, 6.45) is 0.966. The third-order valence-corrected chi connectivity index (χ3v) is 4.06. The lowest BCUT2D eigenvalue weighted by atomic mass is 9.75. The Labute approximate surface area is 124 Å². The predicted octanol–water partition coefficient (Wildman–Crippen LogP) is 2.53. The van der Waals surface area contributed by atoms with Crippen LogP contribution >= 0.6 is 12.4 Å². The molecule has 0 spiro atoms. The Morgan fingerprint density at radius 3 is 2.60 bits per heavy atom. The Hall–Kier alpha value is -1.42. The van der Waals surface area contributed by atoms with Gasteiger partial charge >= 0.3 is 0 Å². The number of carbonyl (C=O) groups is 1. The van der Waals surface area contributed by atoms with Crippen molar-refractivity contribution in [2.24, 2.45) is 5.73 Å². The first-order chi connectivity index (χ1) is 9.11. The quantitative estimate of drug-likeness (QED) is 0.849. The van der Waals surface area contributed by atoms with Gasteiger partial charge in [0.2, 0.25) is 0 Å². The van der Waals surface area contributed by atoms with Crippen molar-refractivity contribution in [3.63, 3.8) is 0 Å². The zero-order valence-electron chi connectivity index (χ0n) is 11.1. The van der Waals surface area contributed by atoms with Gasteiger partial charge in [0, 0.05) is 0 Å². The second-order valence-electron chi connectivity index (χ2n) is 5.31. The fourth-order valence-corrected chi connectivity index (χ4v) is 2.88. The van der Waals surface area contributed by atoms with Crippen LogP contribution in [0.15, 0.2) is 42.5 Å². The molecule has 3 nitrogen and oxygen atoms in total. The van der Waals surface area contributed by atoms with Gasteiger partial charge in [-0.1, -0.05) is 36.4 Å². The number of fused-ring (bicyclic) bond motifs is 1. The van der Waals surface area contributed by atoms with Crippen molar-refractivity contribution in [3.8, 4) is 0 Å². The standard InChI is InChI=1S/C16H17NO2.ClH/c17-16(9-3-6-14(18)15(16)19)13-8-7-11-4-1-2-5-12(11)10-13;/h1-2,4-5,7-8,10,14,18H,3,6,9,17H2;1H. The molecule has 106 valence electrons. The molecule has 0 heterocycles. The van der Waals surface area contributed by atoms with E-state index in [1.165, 1.54) is 0 Å². The summed E-state index contributed by atoms with van der Waals surface area (Å²) in [7, 11) is 0. The molecule has 2 atom stereocenters. The van der Waals surface area contributed by atoms with E-state index in [2.05, 4.69) is 0 Å². The number of ketones is 1. The largest absolute Gasteiger partial charge is 0.385 e. The molecule has 1 saturated carbocycles. The van der Waals surface area contributed by atoms with Gasteiger partial charge in [-0.15, -0.1) is 12.4 Å². The van der Waals surface area contributed by atoms with Crippen LogP contribution < -0.4 is 5.73 Å². The van der Waals surface area contributed by atoms with Crippen LogP contribution in [-0.4, -0.2) is 17.0 Å². The first-order valence-corrected chi connectivity index (χ1v) is 6.62. The molecule has 0 amide bonds. The van der Waals surface area contributed by atoms with Gasteiger partial charge in [-0.3, -0.25) is 4.79 Å². The van der Waals surface area contributed by atoms with Gasteiger partial charge < -0.3 is 10.8 Å². The zero-order valence-corrected chi connectivity index (χ0v) is 11.9. The second-order valence-corrected chi connectivity index (χ2v) is 5.31. The van der Waals surface area contributed by atoms with Crippen molar-refractivity contribution in [3.05, 3.63) is 48.0 Å². The van der Waals surface area contributed by atoms with Gasteiger partial charge in [-0.25, -0.2) is 0 Å². The summed E-state index contributed by atoms with van der Waals surface area (Å²) in [5, 5.41) is 11.9. The molecule has 3 N–H and O–H groups in total. The van der Waals surface area contributed by atoms with Crippen LogP contribution in [0.4, 0.5) is 0 Å². The normalized spacial score (nSPS) is 26.3. The second kappa shape index (κ2) is 5.52. The Bertz CT molecular complexity index is 643. The first kappa shape index (κ1) is 15.0. The molecular weight excluding hydrogens is 274 g/mol. The minimum atomic E-state index is -1.04. The highest BCUT2D eigenvalue weighted by atomic mass is 35.5. The van der Waals surface area contributed by atoms with Crippen LogP contribution in [0.1, 0.15) is 24.8 Å². The van der Waals surface area contributed by atoms with Crippen molar-refractivity contribution in [1.29, 1.82) is 0 Å². The Balaban J connectivity index is 0.00000147. The summed E-state index contributed by atoms with van der Waals surface area (Å²) in [6, 6.07) is 13.8. The molecule has 0 saturated heterocycles. The van der Waals surface area contributed by atoms with E-state index in [1.807, 2.05) is 42.5 Å². The molecule has 1 fully saturated rings. The Kier molecular flexibility index (Phi) is 4.14. The van der Waals surface area contributed by atoms with Crippen LogP contribution in [-0.2, 0) is 10.3 Å². The SMILES string of the molecule is Cl.NC1(c2ccc3ccccc3c2)CCCC(O)C1=O. The fourth-order valence-electron chi connectivity index (χ4n) is 2.88. The zero-order chi connectivity index (χ0) is 13.5. The van der Waals surface area contributed by atoms with Crippen LogP contribution in [0.3, 0.4) is 0 Å². The van der Waals surface area contributed by atoms with Crippen molar-refractivity contribution < 1.29 is 9.90 Å². The molecule has 0 radical (unpaired) electrons. The summed E-state index contributed by atoms with van der Waals surface area (Å²) >= 11 is 0. The summed E-state index contributed by atoms with van der Waals surface area (Å²) in [4.78, 5) is 12.2. The van der Waals surface area contributed by atoms with Crippen LogP contribution in [0.25, 0.3) is 10.8 Å². The molecule has 2 aromatic carbocycles. The van der Waals surface area contributed by atoms with Crippen molar-refractivity contribution >= 4 is 29.0 Å². The van der Waals surface area contributed by atoms with Gasteiger partial charge in [0.25, 0.3) is 0 Å². The van der Waals surface area contributed by atoms with E-state index in [0.717, 1.165) is 22.8 Å². The van der Waals surface area contributed by atoms with Gasteiger partial charge in [0.1, 0.15) is 11.6 Å². The smallest absolute Gasteiger partial charge is 0.185 e. The number of Topliss-reactive ketones (excluding diaryl/α,β-unsaturated/α-hetero) is 1. The van der Waals surface area contributed by atoms with Gasteiger partial charge in [0.15, 0.2) is 5.78 Å². The third-order valence-electron chi connectivity index (χ3n) is 4.06. The predicted molar refractivity (Wildman–Crippen MR) is 81.9 cm³/mol. The topological polar surface area (TPSA) is 63.3 Å². The average molecular weight is 292 g/mol. The molecule has 1 aliphatic carbocycles. The third kappa shape index (κ3) is 2.33. The maximum atomic E-state index is 12.2. The van der Waals surface area contributed by atoms with E-state index < -0.39 is 11.6 Å². The molecule has 2 unspecified atom stereocenters. The highest BCUT2D eigenvalue weighted by molar-refractivity contribution is 5.95. The number of halogens is 1. The number of carbonyl (C=O) groups excluding carboxylic acids is 1. The number of benzene rings is 2. The van der Waals surface area contributed by atoms with Crippen LogP contribution in [0, 0.1) is 0 Å². The number of nitrogens with two attached hydrogens (primary N) is 1. The Morgan fingerprint density at radius 1 is 1.15 bits per heavy atom. The highest BCUT2D eigenvalue weighted by Gasteiger charge is 2.42. The first-order valence-electron chi connectivity index (χ1n) is 6.62. The van der Waals surface area contributed by atoms with E-state index in [9.17, 15) is 9.90 Å². The summed E-state index contributed by atoms with van der Waals surface area (Å²) in [5.41, 5.74) is 6.06. The van der Waals surface area contributed by atoms with Crippen molar-refractivity contribution in [2.75, 3.05) is 0 Å². The molecule has 0 aromatic heterocycles. The van der Waals surface area contributed by atoms with Gasteiger partial charge in [-0.05, 0) is 41.7 Å². The molecule has 2 aromatic rings. The van der Waals surface area contributed by atoms with Crippen molar-refractivity contribution in [1.82, 2.24) is 0 Å². The van der Waals surface area contributed by atoms with Crippen molar-refractivity contribution in [2.45, 2.75) is 30.9 Å². The number of hydrogen-bond acceptors (Lipinski definition) is 3. The summed E-state index contributed by atoms with van der Waals surface area (Å²) < 4.78 is 0. The van der Waals surface area contributed by atoms with Crippen LogP contribution in [0.5, 0.6) is 0 Å². The Morgan fingerprint density at radius 2 is 1.85 bits per heavy atom. The highest BCUT2D eigenvalue weighted by Crippen LogP contribution is 2.33. The molecule has 0 bridgehead atoms. The molecule has 1 aliphatic rings. The minimum Gasteiger partial charge on any atom is -0.385 e. The van der Waals surface area contributed by atoms with E-state index in [-0.39, 0.29) is 18.2 Å². The van der Waals surface area contributed by atoms with Gasteiger partial charge in [-0.2, -0.15) is 0 Å². The fraction of sp³-hybridized carbons (Fsp3) is 0.312. The lowest BCUT2D eigenvalue weighted by Crippen LogP contribution is -2.52. The van der Waals surface area contributed by atoms with E-state index in [1.54, 1.807) is 0 Å². The maximum absolute atomic E-state index is 12.2. The average Bonchev–Trinajstić information content (AvgIpc) is 2.44. The van der Waals surface area contributed by atoms with E-state index >= 15 is 0 Å². The number of rotatable bonds is 1. The van der Waals surface area contributed by atoms with Crippen LogP contribution in [0.2, 0.25) is 0 Å². The molecule has 20 heavy (non-hydrogen) atoms. The summed E-state index contributed by atoms with van der Waals surface area (Å²) in [6.45, 7) is 0. The number of hydrogen-bond donors (Lipinski definition) is 2. The number of aliphatic hydroxyl groups is 1. The lowest BCUT2D eigenvalue weighted by Gasteiger charge is -2.34. The number of aliphatic hydroxyl groups excluding tert-OH is 1. The van der Waals surface area contributed by atoms with E-state index in [4.69, 9.17) is 5.73 Å². The molecule has 3 rings (SSSR count). The molecular formula is C16H18ClNO2. The monoisotopic (exact) mass is 291 g/mol.